The van der Waals surface area contributed by atoms with Crippen molar-refractivity contribution < 1.29 is 75.4 Å². The third kappa shape index (κ3) is 5.84. The van der Waals surface area contributed by atoms with Gasteiger partial charge in [0.25, 0.3) is 0 Å². The first-order chi connectivity index (χ1) is 18.2. The number of rotatable bonds is 5. The molecule has 0 fully saturated rings. The molecule has 2 heterocycles. The van der Waals surface area contributed by atoms with Gasteiger partial charge in [-0.25, -0.2) is 15.0 Å². The largest absolute Gasteiger partial charge is 1.00 e. The molecule has 0 aliphatic rings. The van der Waals surface area contributed by atoms with Crippen molar-refractivity contribution in [2.75, 3.05) is 0 Å². The molecule has 6 aromatic rings. The van der Waals surface area contributed by atoms with Crippen LogP contribution < -0.4 is 68.9 Å². The monoisotopic (exact) mass is 611 g/mol. The molecule has 0 saturated heterocycles. The molecular weight excluding hydrogens is 587 g/mol. The first-order valence-electron chi connectivity index (χ1n) is 12.1. The second-order valence-corrected chi connectivity index (χ2v) is 8.70. The number of hydrogen-bond donors (Lipinski definition) is 1. The summed E-state index contributed by atoms with van der Waals surface area (Å²) in [6.45, 7) is 0. The molecule has 0 aliphatic heterocycles. The Morgan fingerprint density at radius 1 is 0.421 bits per heavy atom. The molecule has 0 spiro atoms. The Morgan fingerprint density at radius 2 is 0.947 bits per heavy atom. The molecule has 1 N–H and O–H groups in total. The standard InChI is InChI=1S/C33H23N3O.Cs.H/c37-32-20-8-7-17-27(32)29-19-10-18-28(34-29)25-15-9-16-26(21-25)31-22-30(23-11-3-1-4-12-23)35-33(36-31)24-13-5-2-6-14-24;;/h1-22,37H;;/q;+1;-1. The van der Waals surface area contributed by atoms with Crippen LogP contribution in [0.5, 0.6) is 5.75 Å². The summed E-state index contributed by atoms with van der Waals surface area (Å²) in [5, 5.41) is 10.3. The molecule has 6 rings (SSSR count). The Morgan fingerprint density at radius 3 is 1.66 bits per heavy atom. The quantitative estimate of drug-likeness (QED) is 0.297. The van der Waals surface area contributed by atoms with E-state index >= 15 is 0 Å². The van der Waals surface area contributed by atoms with Crippen LogP contribution in [-0.4, -0.2) is 20.1 Å². The Bertz CT molecular complexity index is 1640. The minimum Gasteiger partial charge on any atom is -1.00 e. The van der Waals surface area contributed by atoms with Gasteiger partial charge in [0.05, 0.1) is 22.8 Å². The van der Waals surface area contributed by atoms with Gasteiger partial charge in [0, 0.05) is 27.8 Å². The van der Waals surface area contributed by atoms with Crippen LogP contribution in [0.1, 0.15) is 1.43 Å². The maximum absolute atomic E-state index is 10.3. The first kappa shape index (κ1) is 26.6. The van der Waals surface area contributed by atoms with Crippen LogP contribution >= 0.6 is 0 Å². The Kier molecular flexibility index (Phi) is 8.54. The number of nitrogens with zero attached hydrogens (tertiary/aromatic N) is 3. The molecule has 4 nitrogen and oxygen atoms in total. The van der Waals surface area contributed by atoms with Crippen LogP contribution in [0.15, 0.2) is 133 Å². The van der Waals surface area contributed by atoms with E-state index in [9.17, 15) is 5.11 Å². The smallest absolute Gasteiger partial charge is 1.00 e. The number of benzene rings is 4. The molecular formula is C33H24CsN3O. The summed E-state index contributed by atoms with van der Waals surface area (Å²) in [6, 6.07) is 43.5. The molecule has 0 unspecified atom stereocenters. The summed E-state index contributed by atoms with van der Waals surface area (Å²) in [5.74, 6) is 0.894. The molecule has 0 radical (unpaired) electrons. The van der Waals surface area contributed by atoms with E-state index in [1.165, 1.54) is 0 Å². The van der Waals surface area contributed by atoms with Crippen molar-refractivity contribution in [1.29, 1.82) is 0 Å². The first-order valence-corrected chi connectivity index (χ1v) is 12.1. The SMILES string of the molecule is Oc1ccccc1-c1cccc(-c2cccc(-c3cc(-c4ccccc4)nc(-c4ccccc4)n3)c2)n1.[Cs+].[H-]. The van der Waals surface area contributed by atoms with Crippen molar-refractivity contribution in [3.63, 3.8) is 0 Å². The molecule has 178 valence electrons. The van der Waals surface area contributed by atoms with Gasteiger partial charge in [-0.1, -0.05) is 97.1 Å². The van der Waals surface area contributed by atoms with Gasteiger partial charge in [0.15, 0.2) is 5.82 Å². The molecule has 0 amide bonds. The molecule has 0 atom stereocenters. The van der Waals surface area contributed by atoms with Gasteiger partial charge in [-0.3, -0.25) is 0 Å². The minimum atomic E-state index is 0. The van der Waals surface area contributed by atoms with Crippen molar-refractivity contribution in [2.24, 2.45) is 0 Å². The normalized spacial score (nSPS) is 10.5. The van der Waals surface area contributed by atoms with E-state index in [1.807, 2.05) is 97.1 Å². The fourth-order valence-corrected chi connectivity index (χ4v) is 4.34. The van der Waals surface area contributed by atoms with E-state index in [-0.39, 0.29) is 76.1 Å². The molecule has 0 aliphatic carbocycles. The number of phenols is 1. The minimum absolute atomic E-state index is 0. The molecule has 38 heavy (non-hydrogen) atoms. The predicted molar refractivity (Wildman–Crippen MR) is 150 cm³/mol. The van der Waals surface area contributed by atoms with Crippen LogP contribution in [0.4, 0.5) is 0 Å². The fraction of sp³-hybridized carbons (Fsp3) is 0. The zero-order valence-electron chi connectivity index (χ0n) is 22.0. The second kappa shape index (κ2) is 12.2. The van der Waals surface area contributed by atoms with Gasteiger partial charge in [-0.2, -0.15) is 0 Å². The van der Waals surface area contributed by atoms with Crippen LogP contribution in [0.2, 0.25) is 0 Å². The van der Waals surface area contributed by atoms with Gasteiger partial charge in [0.1, 0.15) is 5.75 Å². The molecule has 5 heteroatoms. The molecule has 0 saturated carbocycles. The number of aromatic hydroxyl groups is 1. The summed E-state index contributed by atoms with van der Waals surface area (Å²) in [7, 11) is 0. The summed E-state index contributed by atoms with van der Waals surface area (Å²) < 4.78 is 0. The summed E-state index contributed by atoms with van der Waals surface area (Å²) in [4.78, 5) is 14.7. The maximum atomic E-state index is 10.3. The van der Waals surface area contributed by atoms with Crippen LogP contribution in [0.25, 0.3) is 56.4 Å². The third-order valence-corrected chi connectivity index (χ3v) is 6.21. The Labute approximate surface area is 282 Å². The summed E-state index contributed by atoms with van der Waals surface area (Å²) >= 11 is 0. The maximum Gasteiger partial charge on any atom is 1.00 e. The van der Waals surface area contributed by atoms with Crippen LogP contribution in [-0.2, 0) is 0 Å². The van der Waals surface area contributed by atoms with E-state index < -0.39 is 0 Å². The van der Waals surface area contributed by atoms with E-state index in [1.54, 1.807) is 12.1 Å². The van der Waals surface area contributed by atoms with Crippen LogP contribution in [0, 0.1) is 0 Å². The van der Waals surface area contributed by atoms with Crippen molar-refractivity contribution >= 4 is 0 Å². The fourth-order valence-electron chi connectivity index (χ4n) is 4.34. The van der Waals surface area contributed by atoms with Gasteiger partial charge in [0.2, 0.25) is 0 Å². The van der Waals surface area contributed by atoms with Crippen molar-refractivity contribution in [3.05, 3.63) is 133 Å². The van der Waals surface area contributed by atoms with Crippen molar-refractivity contribution in [2.45, 2.75) is 0 Å². The molecule has 2 aromatic heterocycles. The zero-order chi connectivity index (χ0) is 25.0. The van der Waals surface area contributed by atoms with Gasteiger partial charge in [-0.15, -0.1) is 0 Å². The second-order valence-electron chi connectivity index (χ2n) is 8.70. The topological polar surface area (TPSA) is 58.9 Å². The number of hydrogen-bond acceptors (Lipinski definition) is 4. The van der Waals surface area contributed by atoms with Gasteiger partial charge >= 0.3 is 68.9 Å². The summed E-state index contributed by atoms with van der Waals surface area (Å²) in [5.41, 5.74) is 7.91. The Balaban J connectivity index is 0.00000176. The number of pyridine rings is 1. The summed E-state index contributed by atoms with van der Waals surface area (Å²) in [6.07, 6.45) is 0. The molecule has 4 aromatic carbocycles. The average molecular weight is 611 g/mol. The average Bonchev–Trinajstić information content (AvgIpc) is 2.98. The van der Waals surface area contributed by atoms with Gasteiger partial charge in [-0.05, 0) is 36.4 Å². The number of aromatic nitrogens is 3. The van der Waals surface area contributed by atoms with Gasteiger partial charge < -0.3 is 6.53 Å². The number of phenolic OH excluding ortho intramolecular Hbond substituents is 1. The van der Waals surface area contributed by atoms with Crippen molar-refractivity contribution in [1.82, 2.24) is 15.0 Å². The van der Waals surface area contributed by atoms with E-state index in [0.29, 0.717) is 11.4 Å². The third-order valence-electron chi connectivity index (χ3n) is 6.21. The predicted octanol–water partition coefficient (Wildman–Crippen LogP) is 5.03. The number of para-hydroxylation sites is 1. The van der Waals surface area contributed by atoms with E-state index in [4.69, 9.17) is 15.0 Å². The van der Waals surface area contributed by atoms with Crippen LogP contribution in [0.3, 0.4) is 0 Å². The van der Waals surface area contributed by atoms with E-state index in [2.05, 4.69) is 24.3 Å². The van der Waals surface area contributed by atoms with Crippen molar-refractivity contribution in [3.8, 4) is 62.2 Å². The zero-order valence-corrected chi connectivity index (χ0v) is 27.3. The van der Waals surface area contributed by atoms with E-state index in [0.717, 1.165) is 45.0 Å². The molecule has 0 bridgehead atoms. The Hall–Kier alpha value is -3.04.